The number of pyridine rings is 1. The van der Waals surface area contributed by atoms with E-state index in [1.165, 1.54) is 0 Å². The predicted octanol–water partition coefficient (Wildman–Crippen LogP) is 2.66. The lowest BCUT2D eigenvalue weighted by Crippen LogP contribution is -2.52. The molecule has 0 aliphatic carbocycles. The number of thioether (sulfide) groups is 1. The molecule has 29 heavy (non-hydrogen) atoms. The van der Waals surface area contributed by atoms with Crippen molar-refractivity contribution in [2.75, 3.05) is 24.7 Å². The van der Waals surface area contributed by atoms with Crippen molar-refractivity contribution in [3.05, 3.63) is 58.8 Å². The number of aromatic nitrogens is 1. The third-order valence-corrected chi connectivity index (χ3v) is 6.20. The number of benzene rings is 2. The number of hydrogen-bond donors (Lipinski definition) is 0. The number of esters is 1. The Morgan fingerprint density at radius 1 is 1.07 bits per heavy atom. The first kappa shape index (κ1) is 19.5. The van der Waals surface area contributed by atoms with Gasteiger partial charge < -0.3 is 14.2 Å². The zero-order valence-electron chi connectivity index (χ0n) is 16.2. The topological polar surface area (TPSA) is 68.6 Å². The van der Waals surface area contributed by atoms with Crippen LogP contribution in [0.2, 0.25) is 0 Å². The normalized spacial score (nSPS) is 16.9. The number of carbonyl (C=O) groups excluding carboxylic acids is 2. The first-order valence-electron chi connectivity index (χ1n) is 9.66. The van der Waals surface area contributed by atoms with Gasteiger partial charge in [0, 0.05) is 28.8 Å². The first-order valence-corrected chi connectivity index (χ1v) is 10.8. The van der Waals surface area contributed by atoms with E-state index < -0.39 is 6.04 Å². The van der Waals surface area contributed by atoms with Crippen LogP contribution in [-0.2, 0) is 20.9 Å². The number of ether oxygens (including phenoxy) is 1. The third-order valence-electron chi connectivity index (χ3n) is 5.18. The van der Waals surface area contributed by atoms with E-state index in [1.807, 2.05) is 41.0 Å². The molecule has 6 nitrogen and oxygen atoms in total. The van der Waals surface area contributed by atoms with Crippen LogP contribution in [0.4, 0.5) is 0 Å². The van der Waals surface area contributed by atoms with Gasteiger partial charge in [-0.3, -0.25) is 9.59 Å². The molecule has 1 fully saturated rings. The molecule has 3 aromatic rings. The Kier molecular flexibility index (Phi) is 5.58. The van der Waals surface area contributed by atoms with Gasteiger partial charge in [0.1, 0.15) is 12.6 Å². The predicted molar refractivity (Wildman–Crippen MR) is 115 cm³/mol. The Balaban J connectivity index is 1.77. The molecule has 1 unspecified atom stereocenters. The highest BCUT2D eigenvalue weighted by atomic mass is 32.2. The molecule has 0 N–H and O–H groups in total. The number of para-hydroxylation sites is 2. The average Bonchev–Trinajstić information content (AvgIpc) is 2.76. The van der Waals surface area contributed by atoms with Gasteiger partial charge in [0.2, 0.25) is 5.91 Å². The molecule has 0 saturated carbocycles. The summed E-state index contributed by atoms with van der Waals surface area (Å²) in [5.41, 5.74) is 1.38. The minimum absolute atomic E-state index is 0.0429. The van der Waals surface area contributed by atoms with Crippen LogP contribution in [0.3, 0.4) is 0 Å². The summed E-state index contributed by atoms with van der Waals surface area (Å²) >= 11 is 1.65. The SMILES string of the molecule is CCOC(=O)C1CSCCN1C(=O)Cn1c2ccccc2c(=O)c2ccccc21. The lowest BCUT2D eigenvalue weighted by molar-refractivity contribution is -0.154. The van der Waals surface area contributed by atoms with Crippen molar-refractivity contribution in [2.45, 2.75) is 19.5 Å². The summed E-state index contributed by atoms with van der Waals surface area (Å²) in [6, 6.07) is 14.1. The van der Waals surface area contributed by atoms with E-state index in [9.17, 15) is 14.4 Å². The molecule has 4 rings (SSSR count). The Morgan fingerprint density at radius 3 is 2.31 bits per heavy atom. The summed E-state index contributed by atoms with van der Waals surface area (Å²) in [6.07, 6.45) is 0. The summed E-state index contributed by atoms with van der Waals surface area (Å²) in [7, 11) is 0. The van der Waals surface area contributed by atoms with E-state index >= 15 is 0 Å². The molecule has 1 aliphatic rings. The Labute approximate surface area is 172 Å². The molecule has 1 atom stereocenters. The van der Waals surface area contributed by atoms with E-state index in [4.69, 9.17) is 4.74 Å². The highest BCUT2D eigenvalue weighted by molar-refractivity contribution is 7.99. The van der Waals surface area contributed by atoms with Crippen molar-refractivity contribution < 1.29 is 14.3 Å². The van der Waals surface area contributed by atoms with Crippen LogP contribution in [0.5, 0.6) is 0 Å². The van der Waals surface area contributed by atoms with E-state index in [2.05, 4.69) is 0 Å². The second kappa shape index (κ2) is 8.29. The molecule has 150 valence electrons. The van der Waals surface area contributed by atoms with Crippen LogP contribution in [0.1, 0.15) is 6.92 Å². The largest absolute Gasteiger partial charge is 0.464 e. The fraction of sp³-hybridized carbons (Fsp3) is 0.318. The van der Waals surface area contributed by atoms with Crippen LogP contribution in [0, 0.1) is 0 Å². The molecule has 1 amide bonds. The second-order valence-electron chi connectivity index (χ2n) is 6.88. The van der Waals surface area contributed by atoms with Crippen molar-refractivity contribution in [3.8, 4) is 0 Å². The van der Waals surface area contributed by atoms with Crippen LogP contribution in [-0.4, -0.2) is 52.0 Å². The highest BCUT2D eigenvalue weighted by Crippen LogP contribution is 2.22. The number of carbonyl (C=O) groups is 2. The maximum absolute atomic E-state index is 13.3. The van der Waals surface area contributed by atoms with Crippen molar-refractivity contribution in [1.29, 1.82) is 0 Å². The minimum atomic E-state index is -0.571. The molecule has 2 heterocycles. The van der Waals surface area contributed by atoms with Gasteiger partial charge in [0.25, 0.3) is 0 Å². The van der Waals surface area contributed by atoms with Gasteiger partial charge in [-0.25, -0.2) is 4.79 Å². The van der Waals surface area contributed by atoms with Crippen LogP contribution >= 0.6 is 11.8 Å². The van der Waals surface area contributed by atoms with Crippen molar-refractivity contribution in [3.63, 3.8) is 0 Å². The maximum atomic E-state index is 13.3. The van der Waals surface area contributed by atoms with E-state index in [0.717, 1.165) is 5.75 Å². The van der Waals surface area contributed by atoms with E-state index in [1.54, 1.807) is 35.7 Å². The van der Waals surface area contributed by atoms with Gasteiger partial charge in [0.15, 0.2) is 5.43 Å². The zero-order valence-corrected chi connectivity index (χ0v) is 17.0. The van der Waals surface area contributed by atoms with Crippen LogP contribution in [0.15, 0.2) is 53.3 Å². The first-order chi connectivity index (χ1) is 14.1. The van der Waals surface area contributed by atoms with Gasteiger partial charge >= 0.3 is 5.97 Å². The van der Waals surface area contributed by atoms with Gasteiger partial charge in [-0.05, 0) is 31.2 Å². The minimum Gasteiger partial charge on any atom is -0.464 e. The summed E-state index contributed by atoms with van der Waals surface area (Å²) in [5, 5.41) is 1.16. The Bertz CT molecular complexity index is 1080. The highest BCUT2D eigenvalue weighted by Gasteiger charge is 2.33. The van der Waals surface area contributed by atoms with Gasteiger partial charge in [-0.1, -0.05) is 24.3 Å². The fourth-order valence-corrected chi connectivity index (χ4v) is 4.84. The number of amides is 1. The monoisotopic (exact) mass is 410 g/mol. The quantitative estimate of drug-likeness (QED) is 0.489. The van der Waals surface area contributed by atoms with Gasteiger partial charge in [-0.15, -0.1) is 0 Å². The number of hydrogen-bond acceptors (Lipinski definition) is 5. The summed E-state index contributed by atoms with van der Waals surface area (Å²) < 4.78 is 7.05. The molecule has 1 aliphatic heterocycles. The van der Waals surface area contributed by atoms with Crippen LogP contribution in [0.25, 0.3) is 21.8 Å². The number of fused-ring (bicyclic) bond motifs is 2. The molecule has 0 spiro atoms. The third kappa shape index (κ3) is 3.62. The second-order valence-corrected chi connectivity index (χ2v) is 8.03. The number of nitrogens with zero attached hydrogens (tertiary/aromatic N) is 2. The molecule has 2 aromatic carbocycles. The molecule has 1 aromatic heterocycles. The van der Waals surface area contributed by atoms with Crippen LogP contribution < -0.4 is 5.43 Å². The summed E-state index contributed by atoms with van der Waals surface area (Å²) in [6.45, 7) is 2.61. The summed E-state index contributed by atoms with van der Waals surface area (Å²) in [5.74, 6) is 0.814. The number of rotatable bonds is 4. The smallest absolute Gasteiger partial charge is 0.329 e. The van der Waals surface area contributed by atoms with Gasteiger partial charge in [0.05, 0.1) is 17.6 Å². The van der Waals surface area contributed by atoms with E-state index in [0.29, 0.717) is 34.1 Å². The van der Waals surface area contributed by atoms with Crippen molar-refractivity contribution in [1.82, 2.24) is 9.47 Å². The van der Waals surface area contributed by atoms with E-state index in [-0.39, 0.29) is 30.5 Å². The molecular formula is C22H22N2O4S. The average molecular weight is 410 g/mol. The summed E-state index contributed by atoms with van der Waals surface area (Å²) in [4.78, 5) is 40.1. The molecule has 0 bridgehead atoms. The standard InChI is InChI=1S/C22H22N2O4S/c1-2-28-22(27)19-14-29-12-11-23(19)20(25)13-24-17-9-5-3-7-15(17)21(26)16-8-4-6-10-18(16)24/h3-10,19H,2,11-14H2,1H3. The molecule has 0 radical (unpaired) electrons. The van der Waals surface area contributed by atoms with Crippen molar-refractivity contribution in [2.24, 2.45) is 0 Å². The molecule has 7 heteroatoms. The molecular weight excluding hydrogens is 388 g/mol. The Hall–Kier alpha value is -2.80. The van der Waals surface area contributed by atoms with Gasteiger partial charge in [-0.2, -0.15) is 11.8 Å². The lowest BCUT2D eigenvalue weighted by Gasteiger charge is -2.34. The Morgan fingerprint density at radius 2 is 1.69 bits per heavy atom. The fourth-order valence-electron chi connectivity index (χ4n) is 3.81. The lowest BCUT2D eigenvalue weighted by atomic mass is 10.1. The zero-order chi connectivity index (χ0) is 20.4. The maximum Gasteiger partial charge on any atom is 0.329 e. The molecule has 1 saturated heterocycles. The van der Waals surface area contributed by atoms with Crippen molar-refractivity contribution >= 4 is 45.4 Å².